The van der Waals surface area contributed by atoms with Crippen LogP contribution in [0.5, 0.6) is 0 Å². The Morgan fingerprint density at radius 1 is 0.966 bits per heavy atom. The van der Waals surface area contributed by atoms with Crippen molar-refractivity contribution in [2.75, 3.05) is 0 Å². The summed E-state index contributed by atoms with van der Waals surface area (Å²) in [5, 5.41) is 19.2. The van der Waals surface area contributed by atoms with Crippen molar-refractivity contribution in [3.63, 3.8) is 0 Å². The average molecular weight is 415 g/mol. The number of hydrogen-bond acceptors (Lipinski definition) is 5. The van der Waals surface area contributed by atoms with E-state index in [4.69, 9.17) is 5.21 Å². The van der Waals surface area contributed by atoms with Crippen LogP contribution >= 0.6 is 0 Å². The minimum atomic E-state index is -4.96. The molecule has 3 aromatic rings. The third kappa shape index (κ3) is 4.52. The molecule has 3 rings (SSSR count). The monoisotopic (exact) mass is 415 g/mol. The Kier molecular flexibility index (Phi) is 5.27. The zero-order chi connectivity index (χ0) is 21.2. The van der Waals surface area contributed by atoms with E-state index in [1.807, 2.05) is 0 Å². The smallest absolute Gasteiger partial charge is 0.411 e. The maximum absolute atomic E-state index is 13.1. The van der Waals surface area contributed by atoms with Crippen molar-refractivity contribution < 1.29 is 31.5 Å². The van der Waals surface area contributed by atoms with Gasteiger partial charge in [0.1, 0.15) is 5.69 Å². The molecule has 0 aliphatic rings. The van der Waals surface area contributed by atoms with Crippen molar-refractivity contribution in [3.8, 4) is 11.3 Å². The lowest BCUT2D eigenvalue weighted by Gasteiger charge is -2.15. The third-order valence-electron chi connectivity index (χ3n) is 3.87. The van der Waals surface area contributed by atoms with Gasteiger partial charge in [-0.05, 0) is 35.9 Å². The van der Waals surface area contributed by atoms with Crippen LogP contribution in [-0.2, 0) is 18.9 Å². The van der Waals surface area contributed by atoms with Crippen LogP contribution in [0.15, 0.2) is 47.9 Å². The Morgan fingerprint density at radius 3 is 2.07 bits per heavy atom. The highest BCUT2D eigenvalue weighted by Crippen LogP contribution is 2.36. The van der Waals surface area contributed by atoms with Gasteiger partial charge < -0.3 is 5.21 Å². The predicted molar refractivity (Wildman–Crippen MR) is 88.2 cm³/mol. The van der Waals surface area contributed by atoms with E-state index >= 15 is 0 Å². The summed E-state index contributed by atoms with van der Waals surface area (Å²) < 4.78 is 79.5. The van der Waals surface area contributed by atoms with Crippen LogP contribution in [0.3, 0.4) is 0 Å². The second-order valence-electron chi connectivity index (χ2n) is 5.88. The first-order valence-corrected chi connectivity index (χ1v) is 7.89. The molecule has 0 aliphatic heterocycles. The first-order chi connectivity index (χ1) is 13.6. The molecular weight excluding hydrogens is 404 g/mol. The number of aromatic nitrogens is 4. The molecule has 29 heavy (non-hydrogen) atoms. The molecule has 0 radical (unpaired) electrons. The van der Waals surface area contributed by atoms with Gasteiger partial charge in [0.05, 0.1) is 29.6 Å². The fourth-order valence-corrected chi connectivity index (χ4v) is 2.67. The first kappa shape index (κ1) is 20.3. The Bertz CT molecular complexity index is 995. The van der Waals surface area contributed by atoms with Crippen molar-refractivity contribution in [1.82, 2.24) is 20.0 Å². The fourth-order valence-electron chi connectivity index (χ4n) is 2.67. The lowest BCUT2D eigenvalue weighted by molar-refractivity contribution is -0.143. The van der Waals surface area contributed by atoms with Crippen molar-refractivity contribution in [2.24, 2.45) is 5.16 Å². The van der Waals surface area contributed by atoms with Gasteiger partial charge in [-0.2, -0.15) is 26.3 Å². The minimum absolute atomic E-state index is 0.0540. The summed E-state index contributed by atoms with van der Waals surface area (Å²) in [6.07, 6.45) is -6.11. The summed E-state index contributed by atoms with van der Waals surface area (Å²) >= 11 is 0. The standard InChI is InChI=1S/C17H11F6N5O/c18-16(19,20)12-5-10(6-13(7-12)17(21,22)23)9-28-15(11-1-3-24-4-2-11)14(8-25-29)26-27-28/h1-8,29H,9H2. The number of oxime groups is 1. The molecule has 0 saturated heterocycles. The highest BCUT2D eigenvalue weighted by Gasteiger charge is 2.37. The quantitative estimate of drug-likeness (QED) is 0.299. The van der Waals surface area contributed by atoms with Crippen LogP contribution < -0.4 is 0 Å². The van der Waals surface area contributed by atoms with Gasteiger partial charge >= 0.3 is 12.4 Å². The van der Waals surface area contributed by atoms with Gasteiger partial charge in [-0.1, -0.05) is 10.4 Å². The maximum Gasteiger partial charge on any atom is 0.416 e. The molecule has 1 aromatic carbocycles. The molecule has 152 valence electrons. The number of rotatable bonds is 4. The van der Waals surface area contributed by atoms with E-state index in [0.29, 0.717) is 17.7 Å². The van der Waals surface area contributed by atoms with Gasteiger partial charge in [-0.3, -0.25) is 4.98 Å². The van der Waals surface area contributed by atoms with Crippen molar-refractivity contribution in [1.29, 1.82) is 0 Å². The number of pyridine rings is 1. The molecule has 2 aromatic heterocycles. The van der Waals surface area contributed by atoms with Gasteiger partial charge in [0.15, 0.2) is 0 Å². The van der Waals surface area contributed by atoms with Crippen LogP contribution in [0.2, 0.25) is 0 Å². The molecule has 0 amide bonds. The molecule has 2 heterocycles. The Labute approximate surface area is 159 Å². The van der Waals surface area contributed by atoms with E-state index in [0.717, 1.165) is 10.9 Å². The summed E-state index contributed by atoms with van der Waals surface area (Å²) in [5.41, 5.74) is -2.35. The number of nitrogens with zero attached hydrogens (tertiary/aromatic N) is 5. The second-order valence-corrected chi connectivity index (χ2v) is 5.88. The predicted octanol–water partition coefficient (Wildman–Crippen LogP) is 4.23. The molecule has 0 atom stereocenters. The summed E-state index contributed by atoms with van der Waals surface area (Å²) in [6, 6.07) is 4.37. The molecule has 6 nitrogen and oxygen atoms in total. The maximum atomic E-state index is 13.1. The average Bonchev–Trinajstić information content (AvgIpc) is 3.03. The first-order valence-electron chi connectivity index (χ1n) is 7.89. The van der Waals surface area contributed by atoms with Crippen LogP contribution in [0.25, 0.3) is 11.3 Å². The van der Waals surface area contributed by atoms with Crippen molar-refractivity contribution in [3.05, 3.63) is 65.1 Å². The number of hydrogen-bond donors (Lipinski definition) is 1. The van der Waals surface area contributed by atoms with Crippen LogP contribution in [0.4, 0.5) is 26.3 Å². The molecule has 0 bridgehead atoms. The summed E-state index contributed by atoms with van der Waals surface area (Å²) in [5.74, 6) is 0. The van der Waals surface area contributed by atoms with Gasteiger partial charge in [-0.15, -0.1) is 5.10 Å². The van der Waals surface area contributed by atoms with Gasteiger partial charge in [0, 0.05) is 18.0 Å². The number of benzene rings is 1. The lowest BCUT2D eigenvalue weighted by Crippen LogP contribution is -2.13. The van der Waals surface area contributed by atoms with Crippen LogP contribution in [0.1, 0.15) is 22.4 Å². The highest BCUT2D eigenvalue weighted by atomic mass is 19.4. The van der Waals surface area contributed by atoms with E-state index in [9.17, 15) is 26.3 Å². The molecule has 0 unspecified atom stereocenters. The summed E-state index contributed by atoms with van der Waals surface area (Å²) in [4.78, 5) is 3.84. The normalized spacial score (nSPS) is 12.6. The molecular formula is C17H11F6N5O. The highest BCUT2D eigenvalue weighted by molar-refractivity contribution is 5.86. The van der Waals surface area contributed by atoms with Gasteiger partial charge in [0.2, 0.25) is 0 Å². The molecule has 0 saturated carbocycles. The topological polar surface area (TPSA) is 76.2 Å². The Morgan fingerprint density at radius 2 is 1.55 bits per heavy atom. The van der Waals surface area contributed by atoms with E-state index in [2.05, 4.69) is 20.5 Å². The van der Waals surface area contributed by atoms with Gasteiger partial charge in [0.25, 0.3) is 0 Å². The van der Waals surface area contributed by atoms with Crippen LogP contribution in [0, 0.1) is 0 Å². The van der Waals surface area contributed by atoms with Crippen molar-refractivity contribution >= 4 is 6.21 Å². The van der Waals surface area contributed by atoms with Gasteiger partial charge in [-0.25, -0.2) is 4.68 Å². The SMILES string of the molecule is ON=Cc1nnn(Cc2cc(C(F)(F)F)cc(C(F)(F)F)c2)c1-c1ccncc1. The zero-order valence-corrected chi connectivity index (χ0v) is 14.3. The summed E-state index contributed by atoms with van der Waals surface area (Å²) in [6.45, 7) is -0.434. The fraction of sp³-hybridized carbons (Fsp3) is 0.176. The van der Waals surface area contributed by atoms with E-state index in [1.54, 1.807) is 0 Å². The molecule has 0 spiro atoms. The minimum Gasteiger partial charge on any atom is -0.411 e. The number of alkyl halides is 6. The molecule has 1 N–H and O–H groups in total. The largest absolute Gasteiger partial charge is 0.416 e. The summed E-state index contributed by atoms with van der Waals surface area (Å²) in [7, 11) is 0. The van der Waals surface area contributed by atoms with E-state index < -0.39 is 30.0 Å². The van der Waals surface area contributed by atoms with Crippen LogP contribution in [-0.4, -0.2) is 31.4 Å². The van der Waals surface area contributed by atoms with E-state index in [-0.39, 0.29) is 23.0 Å². The molecule has 0 aliphatic carbocycles. The molecule has 0 fully saturated rings. The lowest BCUT2D eigenvalue weighted by atomic mass is 10.0. The zero-order valence-electron chi connectivity index (χ0n) is 14.3. The number of halogens is 6. The Hall–Kier alpha value is -3.44. The Balaban J connectivity index is 2.11. The third-order valence-corrected chi connectivity index (χ3v) is 3.87. The molecule has 12 heteroatoms. The second kappa shape index (κ2) is 7.53. The van der Waals surface area contributed by atoms with Crippen molar-refractivity contribution in [2.45, 2.75) is 18.9 Å². The van der Waals surface area contributed by atoms with E-state index in [1.165, 1.54) is 24.5 Å².